The van der Waals surface area contributed by atoms with Crippen molar-refractivity contribution in [3.63, 3.8) is 0 Å². The van der Waals surface area contributed by atoms with Gasteiger partial charge in [0, 0.05) is 11.9 Å². The fourth-order valence-electron chi connectivity index (χ4n) is 2.41. The monoisotopic (exact) mass is 290 g/mol. The molecule has 0 fully saturated rings. The number of fused-ring (bicyclic) bond motifs is 1. The van der Waals surface area contributed by atoms with Crippen LogP contribution in [-0.4, -0.2) is 12.5 Å². The zero-order valence-corrected chi connectivity index (χ0v) is 11.9. The molecule has 1 aliphatic heterocycles. The Hall–Kier alpha value is -1.72. The zero-order chi connectivity index (χ0) is 14.1. The summed E-state index contributed by atoms with van der Waals surface area (Å²) in [6, 6.07) is 3.52. The molecule has 1 aromatic heterocycles. The molecule has 2 aromatic rings. The van der Waals surface area contributed by atoms with Gasteiger partial charge in [0.2, 0.25) is 0 Å². The molecule has 2 N–H and O–H groups in total. The van der Waals surface area contributed by atoms with Crippen LogP contribution in [0.1, 0.15) is 27.0 Å². The van der Waals surface area contributed by atoms with Gasteiger partial charge in [-0.1, -0.05) is 6.07 Å². The third kappa shape index (κ3) is 2.34. The third-order valence-corrected chi connectivity index (χ3v) is 4.42. The van der Waals surface area contributed by atoms with Crippen LogP contribution < -0.4 is 10.6 Å². The molecule has 0 spiro atoms. The summed E-state index contributed by atoms with van der Waals surface area (Å²) in [5.41, 5.74) is 3.46. The number of aryl methyl sites for hydroxylation is 1. The number of hydrogen-bond donors (Lipinski definition) is 2. The summed E-state index contributed by atoms with van der Waals surface area (Å²) in [6.45, 7) is 3.33. The van der Waals surface area contributed by atoms with E-state index in [4.69, 9.17) is 0 Å². The molecule has 5 heteroatoms. The fraction of sp³-hybridized carbons (Fsp3) is 0.267. The second-order valence-corrected chi connectivity index (χ2v) is 5.66. The van der Waals surface area contributed by atoms with E-state index in [9.17, 15) is 9.18 Å². The highest BCUT2D eigenvalue weighted by Gasteiger charge is 2.18. The van der Waals surface area contributed by atoms with E-state index in [1.165, 1.54) is 11.3 Å². The van der Waals surface area contributed by atoms with Gasteiger partial charge >= 0.3 is 0 Å². The molecule has 0 bridgehead atoms. The Morgan fingerprint density at radius 3 is 3.00 bits per heavy atom. The standard InChI is InChI=1S/C15H15FN2OS/c1-9-7-20-8-12(9)15(19)18-13-3-2-10-6-17-5-4-11(10)14(13)16/h2-3,7-8,17H,4-6H2,1H3,(H,18,19). The Morgan fingerprint density at radius 1 is 1.40 bits per heavy atom. The summed E-state index contributed by atoms with van der Waals surface area (Å²) < 4.78 is 14.4. The van der Waals surface area contributed by atoms with Gasteiger partial charge in [0.25, 0.3) is 5.91 Å². The van der Waals surface area contributed by atoms with Crippen molar-refractivity contribution in [1.29, 1.82) is 0 Å². The first-order valence-electron chi connectivity index (χ1n) is 6.52. The molecule has 3 rings (SSSR count). The van der Waals surface area contributed by atoms with Crippen molar-refractivity contribution in [3.05, 3.63) is 51.0 Å². The van der Waals surface area contributed by atoms with Gasteiger partial charge in [-0.2, -0.15) is 11.3 Å². The number of anilines is 1. The largest absolute Gasteiger partial charge is 0.319 e. The van der Waals surface area contributed by atoms with E-state index in [0.717, 1.165) is 17.7 Å². The van der Waals surface area contributed by atoms with Crippen LogP contribution in [-0.2, 0) is 13.0 Å². The predicted octanol–water partition coefficient (Wildman–Crippen LogP) is 3.09. The number of rotatable bonds is 2. The van der Waals surface area contributed by atoms with E-state index < -0.39 is 0 Å². The highest BCUT2D eigenvalue weighted by molar-refractivity contribution is 7.08. The highest BCUT2D eigenvalue weighted by Crippen LogP contribution is 2.25. The lowest BCUT2D eigenvalue weighted by Crippen LogP contribution is -2.25. The van der Waals surface area contributed by atoms with Gasteiger partial charge in [0.15, 0.2) is 0 Å². The lowest BCUT2D eigenvalue weighted by molar-refractivity contribution is 0.102. The van der Waals surface area contributed by atoms with Gasteiger partial charge in [0.05, 0.1) is 11.3 Å². The summed E-state index contributed by atoms with van der Waals surface area (Å²) in [5.74, 6) is -0.554. The molecule has 20 heavy (non-hydrogen) atoms. The number of hydrogen-bond acceptors (Lipinski definition) is 3. The van der Waals surface area contributed by atoms with Crippen LogP contribution in [0.2, 0.25) is 0 Å². The quantitative estimate of drug-likeness (QED) is 0.892. The van der Waals surface area contributed by atoms with Gasteiger partial charge < -0.3 is 10.6 Å². The van der Waals surface area contributed by atoms with Crippen molar-refractivity contribution >= 4 is 22.9 Å². The summed E-state index contributed by atoms with van der Waals surface area (Å²) in [4.78, 5) is 12.1. The van der Waals surface area contributed by atoms with E-state index in [0.29, 0.717) is 24.1 Å². The fourth-order valence-corrected chi connectivity index (χ4v) is 3.24. The van der Waals surface area contributed by atoms with E-state index >= 15 is 0 Å². The summed E-state index contributed by atoms with van der Waals surface area (Å²) >= 11 is 1.47. The average molecular weight is 290 g/mol. The molecule has 0 saturated heterocycles. The molecular formula is C15H15FN2OS. The van der Waals surface area contributed by atoms with Crippen LogP contribution in [0.4, 0.5) is 10.1 Å². The molecule has 1 aliphatic rings. The van der Waals surface area contributed by atoms with Gasteiger partial charge in [-0.25, -0.2) is 4.39 Å². The zero-order valence-electron chi connectivity index (χ0n) is 11.1. The smallest absolute Gasteiger partial charge is 0.256 e. The SMILES string of the molecule is Cc1cscc1C(=O)Nc1ccc2c(c1F)CCNC2. The lowest BCUT2D eigenvalue weighted by Gasteiger charge is -2.19. The van der Waals surface area contributed by atoms with Crippen molar-refractivity contribution in [2.24, 2.45) is 0 Å². The second kappa shape index (κ2) is 5.34. The topological polar surface area (TPSA) is 41.1 Å². The number of benzene rings is 1. The Balaban J connectivity index is 1.88. The molecule has 2 heterocycles. The Labute approximate surface area is 120 Å². The van der Waals surface area contributed by atoms with Crippen molar-refractivity contribution in [2.45, 2.75) is 19.9 Å². The Kier molecular flexibility index (Phi) is 3.54. The van der Waals surface area contributed by atoms with Crippen molar-refractivity contribution < 1.29 is 9.18 Å². The molecule has 0 atom stereocenters. The van der Waals surface area contributed by atoms with Gasteiger partial charge in [-0.3, -0.25) is 4.79 Å². The summed E-state index contributed by atoms with van der Waals surface area (Å²) in [6.07, 6.45) is 0.655. The van der Waals surface area contributed by atoms with E-state index in [2.05, 4.69) is 10.6 Å². The molecule has 0 saturated carbocycles. The minimum Gasteiger partial charge on any atom is -0.319 e. The number of thiophene rings is 1. The van der Waals surface area contributed by atoms with Crippen LogP contribution in [0.15, 0.2) is 22.9 Å². The van der Waals surface area contributed by atoms with Crippen LogP contribution in [0.25, 0.3) is 0 Å². The maximum Gasteiger partial charge on any atom is 0.256 e. The first-order valence-corrected chi connectivity index (χ1v) is 7.46. The van der Waals surface area contributed by atoms with Gasteiger partial charge in [-0.15, -0.1) is 0 Å². The van der Waals surface area contributed by atoms with Crippen LogP contribution in [0.3, 0.4) is 0 Å². The molecule has 0 unspecified atom stereocenters. The van der Waals surface area contributed by atoms with E-state index in [1.54, 1.807) is 11.4 Å². The number of amides is 1. The number of carbonyl (C=O) groups is 1. The maximum atomic E-state index is 14.4. The molecule has 104 valence electrons. The van der Waals surface area contributed by atoms with E-state index in [1.807, 2.05) is 18.4 Å². The van der Waals surface area contributed by atoms with Crippen molar-refractivity contribution in [2.75, 3.05) is 11.9 Å². The minimum absolute atomic E-state index is 0.253. The van der Waals surface area contributed by atoms with Crippen molar-refractivity contribution in [3.8, 4) is 0 Å². The van der Waals surface area contributed by atoms with Crippen LogP contribution >= 0.6 is 11.3 Å². The minimum atomic E-state index is -0.301. The van der Waals surface area contributed by atoms with Crippen LogP contribution in [0.5, 0.6) is 0 Å². The third-order valence-electron chi connectivity index (χ3n) is 3.56. The second-order valence-electron chi connectivity index (χ2n) is 4.91. The average Bonchev–Trinajstić information content (AvgIpc) is 2.88. The molecule has 0 radical (unpaired) electrons. The number of halogens is 1. The Morgan fingerprint density at radius 2 is 2.25 bits per heavy atom. The Bertz CT molecular complexity index is 666. The van der Waals surface area contributed by atoms with Crippen molar-refractivity contribution in [1.82, 2.24) is 5.32 Å². The first-order chi connectivity index (χ1) is 9.66. The van der Waals surface area contributed by atoms with Gasteiger partial charge in [0.1, 0.15) is 5.82 Å². The van der Waals surface area contributed by atoms with Crippen LogP contribution in [0, 0.1) is 12.7 Å². The molecule has 1 aromatic carbocycles. The number of nitrogens with one attached hydrogen (secondary N) is 2. The summed E-state index contributed by atoms with van der Waals surface area (Å²) in [7, 11) is 0. The number of carbonyl (C=O) groups excluding carboxylic acids is 1. The maximum absolute atomic E-state index is 14.4. The first kappa shape index (κ1) is 13.3. The highest BCUT2D eigenvalue weighted by atomic mass is 32.1. The lowest BCUT2D eigenvalue weighted by atomic mass is 9.99. The normalized spacial score (nSPS) is 13.9. The molecule has 0 aliphatic carbocycles. The molecule has 3 nitrogen and oxygen atoms in total. The molecular weight excluding hydrogens is 275 g/mol. The summed E-state index contributed by atoms with van der Waals surface area (Å²) in [5, 5.41) is 9.57. The van der Waals surface area contributed by atoms with Gasteiger partial charge in [-0.05, 0) is 48.0 Å². The van der Waals surface area contributed by atoms with E-state index in [-0.39, 0.29) is 17.4 Å². The molecule has 1 amide bonds. The predicted molar refractivity (Wildman–Crippen MR) is 78.8 cm³/mol.